The molecule has 0 aliphatic carbocycles. The van der Waals surface area contributed by atoms with E-state index in [1.807, 2.05) is 4.90 Å². The first-order valence-corrected chi connectivity index (χ1v) is 13.2. The van der Waals surface area contributed by atoms with E-state index in [2.05, 4.69) is 5.10 Å². The van der Waals surface area contributed by atoms with E-state index in [0.29, 0.717) is 36.0 Å². The van der Waals surface area contributed by atoms with Crippen LogP contribution in [0.15, 0.2) is 47.5 Å². The van der Waals surface area contributed by atoms with Gasteiger partial charge < -0.3 is 0 Å². The molecule has 38 heavy (non-hydrogen) atoms. The number of carbonyl (C=O) groups excluding carboxylic acids is 2. The highest BCUT2D eigenvalue weighted by atomic mass is 35.5. The third-order valence-electron chi connectivity index (χ3n) is 6.62. The minimum absolute atomic E-state index is 0.000322. The van der Waals surface area contributed by atoms with Crippen LogP contribution in [0.3, 0.4) is 0 Å². The Kier molecular flexibility index (Phi) is 7.52. The van der Waals surface area contributed by atoms with Crippen LogP contribution in [-0.4, -0.2) is 63.1 Å². The maximum Gasteiger partial charge on any atom is 0.416 e. The average Bonchev–Trinajstić information content (AvgIpc) is 3.37. The van der Waals surface area contributed by atoms with E-state index in [0.717, 1.165) is 30.8 Å². The maximum absolute atomic E-state index is 13.6. The summed E-state index contributed by atoms with van der Waals surface area (Å²) in [5.41, 5.74) is 0.495. The molecule has 5 rings (SSSR count). The van der Waals surface area contributed by atoms with Crippen molar-refractivity contribution < 1.29 is 27.2 Å². The second kappa shape index (κ2) is 10.7. The van der Waals surface area contributed by atoms with Crippen LogP contribution < -0.4 is 0 Å². The van der Waals surface area contributed by atoms with Gasteiger partial charge in [0.2, 0.25) is 0 Å². The maximum atomic E-state index is 13.6. The third-order valence-corrected chi connectivity index (χ3v) is 7.76. The average molecular weight is 567 g/mol. The van der Waals surface area contributed by atoms with Crippen LogP contribution in [0.5, 0.6) is 0 Å². The molecule has 3 heterocycles. The zero-order valence-electron chi connectivity index (χ0n) is 20.0. The molecule has 0 N–H and O–H groups in total. The predicted molar refractivity (Wildman–Crippen MR) is 139 cm³/mol. The molecule has 2 aromatic carbocycles. The second-order valence-corrected chi connectivity index (χ2v) is 10.7. The van der Waals surface area contributed by atoms with E-state index < -0.39 is 23.8 Å². The molecule has 1 atom stereocenters. The van der Waals surface area contributed by atoms with Crippen LogP contribution in [0.4, 0.5) is 22.4 Å². The molecule has 0 bridgehead atoms. The highest BCUT2D eigenvalue weighted by Gasteiger charge is 2.36. The first kappa shape index (κ1) is 26.7. The summed E-state index contributed by atoms with van der Waals surface area (Å²) in [6.45, 7) is 1.59. The zero-order valence-corrected chi connectivity index (χ0v) is 21.6. The number of amides is 2. The molecule has 0 radical (unpaired) electrons. The summed E-state index contributed by atoms with van der Waals surface area (Å²) < 4.78 is 55.6. The molecule has 0 saturated carbocycles. The van der Waals surface area contributed by atoms with Gasteiger partial charge in [-0.1, -0.05) is 23.7 Å². The van der Waals surface area contributed by atoms with Crippen LogP contribution in [-0.2, 0) is 17.5 Å². The second-order valence-electron chi connectivity index (χ2n) is 9.29. The lowest BCUT2D eigenvalue weighted by Gasteiger charge is -2.29. The summed E-state index contributed by atoms with van der Waals surface area (Å²) in [7, 11) is 0. The summed E-state index contributed by atoms with van der Waals surface area (Å²) in [5, 5.41) is 4.56. The van der Waals surface area contributed by atoms with Gasteiger partial charge in [-0.3, -0.25) is 24.1 Å². The quantitative estimate of drug-likeness (QED) is 0.262. The number of benzene rings is 2. The summed E-state index contributed by atoms with van der Waals surface area (Å²) in [4.78, 5) is 28.7. The Morgan fingerprint density at radius 3 is 2.71 bits per heavy atom. The molecule has 1 aromatic heterocycles. The van der Waals surface area contributed by atoms with E-state index in [4.69, 9.17) is 11.6 Å². The highest BCUT2D eigenvalue weighted by Crippen LogP contribution is 2.35. The molecule has 200 valence electrons. The summed E-state index contributed by atoms with van der Waals surface area (Å²) in [5.74, 6) is -0.396. The van der Waals surface area contributed by atoms with Gasteiger partial charge in [0.25, 0.3) is 11.1 Å². The van der Waals surface area contributed by atoms with E-state index in [-0.39, 0.29) is 33.8 Å². The van der Waals surface area contributed by atoms with Crippen molar-refractivity contribution in [3.05, 3.63) is 69.2 Å². The van der Waals surface area contributed by atoms with Gasteiger partial charge in [0.15, 0.2) is 0 Å². The monoisotopic (exact) mass is 566 g/mol. The lowest BCUT2D eigenvalue weighted by Crippen LogP contribution is -2.42. The molecule has 12 heteroatoms. The molecule has 3 aromatic rings. The first-order chi connectivity index (χ1) is 18.1. The lowest BCUT2D eigenvalue weighted by atomic mass is 10.1. The number of likely N-dealkylation sites (tertiary alicyclic amines) is 1. The number of aromatic nitrogens is 2. The number of fused-ring (bicyclic) bond motifs is 1. The van der Waals surface area contributed by atoms with Gasteiger partial charge in [-0.05, 0) is 72.6 Å². The number of nitrogens with zero attached hydrogens (tertiary/aromatic N) is 4. The number of thioether (sulfide) groups is 1. The van der Waals surface area contributed by atoms with Gasteiger partial charge in [-0.15, -0.1) is 0 Å². The van der Waals surface area contributed by atoms with Crippen molar-refractivity contribution in [2.45, 2.75) is 31.7 Å². The largest absolute Gasteiger partial charge is 0.416 e. The molecule has 0 spiro atoms. The van der Waals surface area contributed by atoms with Crippen molar-refractivity contribution in [1.82, 2.24) is 19.6 Å². The number of alkyl halides is 4. The van der Waals surface area contributed by atoms with Gasteiger partial charge in [0.1, 0.15) is 6.17 Å². The number of halogens is 5. The number of carbonyl (C=O) groups is 2. The van der Waals surface area contributed by atoms with E-state index in [1.165, 1.54) is 21.7 Å². The minimum atomic E-state index is -4.55. The Bertz CT molecular complexity index is 1420. The fourth-order valence-electron chi connectivity index (χ4n) is 4.72. The number of piperidine rings is 1. The SMILES string of the molecule is O=C1SC(=Cc2ccc3c(cnn3Cc3ccc(Cl)cc3C(F)(F)F)c2)C(=O)N1CCN1CCCC(F)C1. The van der Waals surface area contributed by atoms with Crippen molar-refractivity contribution in [2.24, 2.45) is 0 Å². The van der Waals surface area contributed by atoms with Crippen molar-refractivity contribution in [2.75, 3.05) is 26.2 Å². The Balaban J connectivity index is 1.31. The molecule has 2 saturated heterocycles. The molecular weight excluding hydrogens is 544 g/mol. The zero-order chi connectivity index (χ0) is 27.0. The van der Waals surface area contributed by atoms with Gasteiger partial charge in [-0.25, -0.2) is 4.39 Å². The Hall–Kier alpha value is -2.89. The Morgan fingerprint density at radius 1 is 1.13 bits per heavy atom. The normalized spacial score (nSPS) is 20.3. The fraction of sp³-hybridized carbons (Fsp3) is 0.346. The summed E-state index contributed by atoms with van der Waals surface area (Å²) >= 11 is 6.63. The standard InChI is InChI=1S/C26H23ClF4N4O2S/c27-19-5-4-17(21(12-19)26(29,30)31)14-35-22-6-3-16(10-18(22)13-32-35)11-23-24(36)34(25(37)38-23)9-8-33-7-1-2-20(28)15-33/h3-6,10-13,20H,1-2,7-9,14-15H2. The molecule has 2 aliphatic heterocycles. The van der Waals surface area contributed by atoms with Crippen molar-refractivity contribution in [3.8, 4) is 0 Å². The van der Waals surface area contributed by atoms with E-state index >= 15 is 0 Å². The lowest BCUT2D eigenvalue weighted by molar-refractivity contribution is -0.138. The van der Waals surface area contributed by atoms with Crippen LogP contribution >= 0.6 is 23.4 Å². The van der Waals surface area contributed by atoms with E-state index in [9.17, 15) is 27.2 Å². The summed E-state index contributed by atoms with van der Waals surface area (Å²) in [6, 6.07) is 8.84. The number of hydrogen-bond acceptors (Lipinski definition) is 5. The first-order valence-electron chi connectivity index (χ1n) is 12.0. The molecule has 1 unspecified atom stereocenters. The summed E-state index contributed by atoms with van der Waals surface area (Å²) in [6.07, 6.45) is -0.983. The van der Waals surface area contributed by atoms with Crippen molar-refractivity contribution in [3.63, 3.8) is 0 Å². The van der Waals surface area contributed by atoms with Crippen molar-refractivity contribution in [1.29, 1.82) is 0 Å². The number of hydrogen-bond donors (Lipinski definition) is 0. The smallest absolute Gasteiger partial charge is 0.299 e. The van der Waals surface area contributed by atoms with E-state index in [1.54, 1.807) is 30.5 Å². The van der Waals surface area contributed by atoms with Gasteiger partial charge in [0, 0.05) is 30.0 Å². The fourth-order valence-corrected chi connectivity index (χ4v) is 5.76. The topological polar surface area (TPSA) is 58.4 Å². The number of rotatable bonds is 6. The van der Waals surface area contributed by atoms with Crippen LogP contribution in [0.2, 0.25) is 5.02 Å². The van der Waals surface area contributed by atoms with Crippen LogP contribution in [0, 0.1) is 0 Å². The predicted octanol–water partition coefficient (Wildman–Crippen LogP) is 6.23. The van der Waals surface area contributed by atoms with Crippen LogP contribution in [0.25, 0.3) is 17.0 Å². The molecular formula is C26H23ClF4N4O2S. The Morgan fingerprint density at radius 2 is 1.95 bits per heavy atom. The highest BCUT2D eigenvalue weighted by molar-refractivity contribution is 8.18. The molecule has 2 fully saturated rings. The third kappa shape index (κ3) is 5.74. The van der Waals surface area contributed by atoms with Crippen LogP contribution in [0.1, 0.15) is 29.5 Å². The molecule has 2 aliphatic rings. The Labute approximate surface area is 225 Å². The minimum Gasteiger partial charge on any atom is -0.299 e. The molecule has 2 amide bonds. The number of imide groups is 1. The van der Waals surface area contributed by atoms with Gasteiger partial charge in [-0.2, -0.15) is 18.3 Å². The van der Waals surface area contributed by atoms with Gasteiger partial charge in [0.05, 0.1) is 28.7 Å². The van der Waals surface area contributed by atoms with Crippen molar-refractivity contribution >= 4 is 51.5 Å². The van der Waals surface area contributed by atoms with Gasteiger partial charge >= 0.3 is 6.18 Å². The molecule has 6 nitrogen and oxygen atoms in total.